The van der Waals surface area contributed by atoms with E-state index in [0.29, 0.717) is 5.69 Å². The third-order valence-electron chi connectivity index (χ3n) is 2.90. The third-order valence-corrected chi connectivity index (χ3v) is 4.31. The van der Waals surface area contributed by atoms with Crippen LogP contribution in [0, 0.1) is 5.82 Å². The molecule has 0 radical (unpaired) electrons. The van der Waals surface area contributed by atoms with Gasteiger partial charge in [0.1, 0.15) is 10.7 Å². The molecule has 22 heavy (non-hydrogen) atoms. The summed E-state index contributed by atoms with van der Waals surface area (Å²) in [5, 5.41) is 0. The fourth-order valence-corrected chi connectivity index (χ4v) is 2.86. The molecule has 0 bridgehead atoms. The number of benzene rings is 1. The van der Waals surface area contributed by atoms with Gasteiger partial charge in [0.25, 0.3) is 0 Å². The van der Waals surface area contributed by atoms with E-state index in [1.54, 1.807) is 24.4 Å². The molecule has 0 amide bonds. The normalized spacial score (nSPS) is 11.2. The minimum absolute atomic E-state index is 0.0447. The maximum atomic E-state index is 14.0. The highest BCUT2D eigenvalue weighted by Gasteiger charge is 2.22. The Morgan fingerprint density at radius 1 is 1.18 bits per heavy atom. The van der Waals surface area contributed by atoms with Gasteiger partial charge < -0.3 is 9.47 Å². The quantitative estimate of drug-likeness (QED) is 0.874. The van der Waals surface area contributed by atoms with Crippen LogP contribution in [0.4, 0.5) is 4.39 Å². The van der Waals surface area contributed by atoms with E-state index in [4.69, 9.17) is 9.47 Å². The minimum Gasteiger partial charge on any atom is -0.493 e. The lowest BCUT2D eigenvalue weighted by molar-refractivity contribution is 0.350. The lowest BCUT2D eigenvalue weighted by Gasteiger charge is -2.12. The molecule has 1 heterocycles. The van der Waals surface area contributed by atoms with Crippen molar-refractivity contribution in [2.45, 2.75) is 11.4 Å². The van der Waals surface area contributed by atoms with E-state index in [9.17, 15) is 12.8 Å². The molecule has 2 rings (SSSR count). The van der Waals surface area contributed by atoms with Crippen LogP contribution in [-0.4, -0.2) is 27.6 Å². The fourth-order valence-electron chi connectivity index (χ4n) is 1.79. The highest BCUT2D eigenvalue weighted by Crippen LogP contribution is 2.31. The first kappa shape index (κ1) is 16.2. The molecule has 0 atom stereocenters. The predicted octanol–water partition coefficient (Wildman–Crippen LogP) is 1.72. The van der Waals surface area contributed by atoms with Crippen molar-refractivity contribution < 1.29 is 22.3 Å². The standard InChI is InChI=1S/C14H15FN2O4S/c1-20-12-7-11(15)14(8-13(12)21-2)22(18,19)17-9-10-5-3-4-6-16-10/h3-8,17H,9H2,1-2H3. The summed E-state index contributed by atoms with van der Waals surface area (Å²) < 4.78 is 50.7. The van der Waals surface area contributed by atoms with Gasteiger partial charge in [-0.05, 0) is 12.1 Å². The van der Waals surface area contributed by atoms with Crippen molar-refractivity contribution in [3.63, 3.8) is 0 Å². The zero-order valence-electron chi connectivity index (χ0n) is 12.0. The molecule has 6 nitrogen and oxygen atoms in total. The van der Waals surface area contributed by atoms with E-state index in [0.717, 1.165) is 12.1 Å². The van der Waals surface area contributed by atoms with Gasteiger partial charge in [-0.25, -0.2) is 17.5 Å². The Morgan fingerprint density at radius 2 is 1.86 bits per heavy atom. The van der Waals surface area contributed by atoms with Gasteiger partial charge in [0.05, 0.1) is 26.5 Å². The average molecular weight is 326 g/mol. The van der Waals surface area contributed by atoms with Crippen LogP contribution in [0.2, 0.25) is 0 Å². The first-order chi connectivity index (χ1) is 10.5. The predicted molar refractivity (Wildman–Crippen MR) is 77.8 cm³/mol. The second-order valence-electron chi connectivity index (χ2n) is 4.28. The van der Waals surface area contributed by atoms with Crippen molar-refractivity contribution in [3.8, 4) is 11.5 Å². The summed E-state index contributed by atoms with van der Waals surface area (Å²) in [6.45, 7) is -0.0447. The van der Waals surface area contributed by atoms with Gasteiger partial charge in [0.15, 0.2) is 11.5 Å². The number of methoxy groups -OCH3 is 2. The van der Waals surface area contributed by atoms with Gasteiger partial charge in [0, 0.05) is 18.3 Å². The smallest absolute Gasteiger partial charge is 0.243 e. The first-order valence-electron chi connectivity index (χ1n) is 6.29. The number of sulfonamides is 1. The molecule has 8 heteroatoms. The van der Waals surface area contributed by atoms with Crippen LogP contribution < -0.4 is 14.2 Å². The maximum Gasteiger partial charge on any atom is 0.243 e. The monoisotopic (exact) mass is 326 g/mol. The van der Waals surface area contributed by atoms with Crippen molar-refractivity contribution >= 4 is 10.0 Å². The van der Waals surface area contributed by atoms with E-state index in [1.807, 2.05) is 0 Å². The average Bonchev–Trinajstić information content (AvgIpc) is 2.53. The van der Waals surface area contributed by atoms with Crippen LogP contribution in [0.5, 0.6) is 11.5 Å². The number of aromatic nitrogens is 1. The third kappa shape index (κ3) is 3.52. The first-order valence-corrected chi connectivity index (χ1v) is 7.77. The van der Waals surface area contributed by atoms with Crippen LogP contribution >= 0.6 is 0 Å². The molecule has 0 fully saturated rings. The molecule has 0 unspecified atom stereocenters. The van der Waals surface area contributed by atoms with Crippen LogP contribution in [0.25, 0.3) is 0 Å². The van der Waals surface area contributed by atoms with Gasteiger partial charge in [-0.15, -0.1) is 0 Å². The second-order valence-corrected chi connectivity index (χ2v) is 6.02. The largest absolute Gasteiger partial charge is 0.493 e. The number of nitrogens with one attached hydrogen (secondary N) is 1. The van der Waals surface area contributed by atoms with E-state index in [-0.39, 0.29) is 18.0 Å². The van der Waals surface area contributed by atoms with Crippen molar-refractivity contribution in [3.05, 3.63) is 48.0 Å². The van der Waals surface area contributed by atoms with E-state index in [1.165, 1.54) is 14.2 Å². The summed E-state index contributed by atoms with van der Waals surface area (Å²) in [7, 11) is -1.37. The van der Waals surface area contributed by atoms with Crippen molar-refractivity contribution in [2.24, 2.45) is 0 Å². The second kappa shape index (κ2) is 6.71. The number of hydrogen-bond donors (Lipinski definition) is 1. The minimum atomic E-state index is -4.05. The molecule has 2 aromatic rings. The molecule has 1 aromatic carbocycles. The molecule has 1 aromatic heterocycles. The number of ether oxygens (including phenoxy) is 2. The Kier molecular flexibility index (Phi) is 4.94. The number of rotatable bonds is 6. The molecule has 1 N–H and O–H groups in total. The Morgan fingerprint density at radius 3 is 2.45 bits per heavy atom. The van der Waals surface area contributed by atoms with Gasteiger partial charge in [-0.1, -0.05) is 6.07 Å². The molecule has 0 aliphatic heterocycles. The highest BCUT2D eigenvalue weighted by molar-refractivity contribution is 7.89. The lowest BCUT2D eigenvalue weighted by Crippen LogP contribution is -2.24. The van der Waals surface area contributed by atoms with Crippen LogP contribution in [0.1, 0.15) is 5.69 Å². The highest BCUT2D eigenvalue weighted by atomic mass is 32.2. The van der Waals surface area contributed by atoms with Crippen LogP contribution in [0.3, 0.4) is 0 Å². The van der Waals surface area contributed by atoms with E-state index >= 15 is 0 Å². The fraction of sp³-hybridized carbons (Fsp3) is 0.214. The van der Waals surface area contributed by atoms with E-state index < -0.39 is 20.7 Å². The molecule has 0 saturated carbocycles. The van der Waals surface area contributed by atoms with Gasteiger partial charge in [0.2, 0.25) is 10.0 Å². The van der Waals surface area contributed by atoms with Crippen molar-refractivity contribution in [1.29, 1.82) is 0 Å². The van der Waals surface area contributed by atoms with E-state index in [2.05, 4.69) is 9.71 Å². The van der Waals surface area contributed by atoms with Crippen LogP contribution in [0.15, 0.2) is 41.4 Å². The topological polar surface area (TPSA) is 77.5 Å². The summed E-state index contributed by atoms with van der Waals surface area (Å²) in [4.78, 5) is 3.48. The molecular formula is C14H15FN2O4S. The van der Waals surface area contributed by atoms with Crippen LogP contribution in [-0.2, 0) is 16.6 Å². The molecular weight excluding hydrogens is 311 g/mol. The summed E-state index contributed by atoms with van der Waals surface area (Å²) in [5.41, 5.74) is 0.520. The summed E-state index contributed by atoms with van der Waals surface area (Å²) in [6.07, 6.45) is 1.54. The Bertz CT molecular complexity index is 751. The van der Waals surface area contributed by atoms with Gasteiger partial charge in [-0.2, -0.15) is 0 Å². The number of halogens is 1. The lowest BCUT2D eigenvalue weighted by atomic mass is 10.3. The zero-order chi connectivity index (χ0) is 16.2. The molecule has 0 aliphatic carbocycles. The molecule has 0 aliphatic rings. The van der Waals surface area contributed by atoms with Crippen molar-refractivity contribution in [1.82, 2.24) is 9.71 Å². The maximum absolute atomic E-state index is 14.0. The van der Waals surface area contributed by atoms with Crippen molar-refractivity contribution in [2.75, 3.05) is 14.2 Å². The Labute approximate surface area is 128 Å². The Hall–Kier alpha value is -2.19. The Balaban J connectivity index is 2.29. The SMILES string of the molecule is COc1cc(F)c(S(=O)(=O)NCc2ccccn2)cc1OC. The molecule has 0 spiro atoms. The number of nitrogens with zero attached hydrogens (tertiary/aromatic N) is 1. The molecule has 0 saturated heterocycles. The number of hydrogen-bond acceptors (Lipinski definition) is 5. The van der Waals surface area contributed by atoms with Gasteiger partial charge >= 0.3 is 0 Å². The molecule has 118 valence electrons. The van der Waals surface area contributed by atoms with Gasteiger partial charge in [-0.3, -0.25) is 4.98 Å². The summed E-state index contributed by atoms with van der Waals surface area (Å²) in [5.74, 6) is -0.683. The zero-order valence-corrected chi connectivity index (χ0v) is 12.9. The summed E-state index contributed by atoms with van der Waals surface area (Å²) in [6, 6.07) is 7.15. The summed E-state index contributed by atoms with van der Waals surface area (Å²) >= 11 is 0. The number of pyridine rings is 1.